The number of fused-ring (bicyclic) bond motifs is 1. The molecule has 0 fully saturated rings. The van der Waals surface area contributed by atoms with E-state index in [-0.39, 0.29) is 38.1 Å². The number of aromatic nitrogens is 1. The van der Waals surface area contributed by atoms with Crippen molar-refractivity contribution in [2.24, 2.45) is 0 Å². The Balaban J connectivity index is 2.09. The predicted molar refractivity (Wildman–Crippen MR) is 134 cm³/mol. The number of esters is 1. The summed E-state index contributed by atoms with van der Waals surface area (Å²) in [6, 6.07) is 6.68. The average Bonchev–Trinajstić information content (AvgIpc) is 2.74. The third-order valence-corrected chi connectivity index (χ3v) is 6.60. The van der Waals surface area contributed by atoms with Crippen LogP contribution in [0, 0.1) is 6.92 Å². The number of ether oxygens (including phenoxy) is 1. The fourth-order valence-corrected chi connectivity index (χ4v) is 4.27. The summed E-state index contributed by atoms with van der Waals surface area (Å²) in [7, 11) is 0. The molecule has 10 heteroatoms. The highest BCUT2D eigenvalue weighted by Crippen LogP contribution is 2.44. The lowest BCUT2D eigenvalue weighted by Crippen LogP contribution is -2.17. The molecular formula is C22H17BrCl4N2O3. The summed E-state index contributed by atoms with van der Waals surface area (Å²) in [5.41, 5.74) is 1.35. The van der Waals surface area contributed by atoms with E-state index in [4.69, 9.17) is 51.1 Å². The number of pyridine rings is 1. The van der Waals surface area contributed by atoms with Gasteiger partial charge in [0.05, 0.1) is 21.1 Å². The van der Waals surface area contributed by atoms with Gasteiger partial charge in [0.15, 0.2) is 5.75 Å². The number of unbranched alkanes of at least 4 members (excludes halogenated alkanes) is 1. The second kappa shape index (κ2) is 10.6. The molecule has 0 saturated carbocycles. The summed E-state index contributed by atoms with van der Waals surface area (Å²) in [5, 5.41) is 3.60. The molecule has 0 spiro atoms. The molecule has 0 bridgehead atoms. The number of carbonyl (C=O) groups is 2. The Morgan fingerprint density at radius 2 is 1.84 bits per heavy atom. The van der Waals surface area contributed by atoms with Crippen LogP contribution < -0.4 is 10.1 Å². The first-order valence-corrected chi connectivity index (χ1v) is 11.9. The number of carbonyl (C=O) groups excluding carboxylic acids is 2. The van der Waals surface area contributed by atoms with Gasteiger partial charge >= 0.3 is 5.97 Å². The summed E-state index contributed by atoms with van der Waals surface area (Å²) < 4.78 is 6.20. The van der Waals surface area contributed by atoms with Gasteiger partial charge in [-0.3, -0.25) is 9.59 Å². The molecule has 0 unspecified atom stereocenters. The third-order valence-electron chi connectivity index (χ3n) is 4.68. The van der Waals surface area contributed by atoms with Gasteiger partial charge in [0.1, 0.15) is 15.9 Å². The van der Waals surface area contributed by atoms with Gasteiger partial charge in [0.2, 0.25) is 0 Å². The molecule has 32 heavy (non-hydrogen) atoms. The number of benzene rings is 2. The quantitative estimate of drug-likeness (QED) is 0.138. The number of nitrogens with zero attached hydrogens (tertiary/aromatic N) is 1. The van der Waals surface area contributed by atoms with Gasteiger partial charge in [-0.2, -0.15) is 0 Å². The second-order valence-corrected chi connectivity index (χ2v) is 9.42. The van der Waals surface area contributed by atoms with Crippen LogP contribution in [0.2, 0.25) is 20.2 Å². The van der Waals surface area contributed by atoms with Crippen molar-refractivity contribution in [3.8, 4) is 5.75 Å². The minimum Gasteiger partial charge on any atom is -0.423 e. The van der Waals surface area contributed by atoms with Gasteiger partial charge < -0.3 is 10.1 Å². The minimum atomic E-state index is -0.527. The van der Waals surface area contributed by atoms with Crippen molar-refractivity contribution in [1.29, 1.82) is 0 Å². The summed E-state index contributed by atoms with van der Waals surface area (Å²) in [5.74, 6) is -1.15. The number of amides is 1. The maximum atomic E-state index is 13.4. The maximum absolute atomic E-state index is 13.4. The predicted octanol–water partition coefficient (Wildman–Crippen LogP) is 8.27. The molecule has 0 aliphatic heterocycles. The van der Waals surface area contributed by atoms with E-state index in [9.17, 15) is 9.59 Å². The Bertz CT molecular complexity index is 1230. The highest BCUT2D eigenvalue weighted by molar-refractivity contribution is 9.10. The number of halogens is 5. The molecule has 168 valence electrons. The van der Waals surface area contributed by atoms with E-state index in [1.807, 2.05) is 6.92 Å². The summed E-state index contributed by atoms with van der Waals surface area (Å²) in [6.45, 7) is 3.64. The van der Waals surface area contributed by atoms with Crippen molar-refractivity contribution < 1.29 is 14.3 Å². The molecule has 0 aliphatic carbocycles. The van der Waals surface area contributed by atoms with E-state index >= 15 is 0 Å². The van der Waals surface area contributed by atoms with Gasteiger partial charge in [-0.05, 0) is 43.2 Å². The van der Waals surface area contributed by atoms with Crippen LogP contribution in [0.15, 0.2) is 28.7 Å². The highest BCUT2D eigenvalue weighted by atomic mass is 79.9. The molecular weight excluding hydrogens is 562 g/mol. The Labute approximate surface area is 213 Å². The molecule has 3 rings (SSSR count). The maximum Gasteiger partial charge on any atom is 0.311 e. The molecule has 1 heterocycles. The van der Waals surface area contributed by atoms with E-state index in [2.05, 4.69) is 26.2 Å². The van der Waals surface area contributed by atoms with Crippen LogP contribution in [0.4, 0.5) is 5.69 Å². The van der Waals surface area contributed by atoms with E-state index < -0.39 is 11.9 Å². The molecule has 5 nitrogen and oxygen atoms in total. The second-order valence-electron chi connectivity index (χ2n) is 6.95. The molecule has 2 aromatic carbocycles. The summed E-state index contributed by atoms with van der Waals surface area (Å²) >= 11 is 28.4. The zero-order chi connectivity index (χ0) is 23.6. The van der Waals surface area contributed by atoms with Gasteiger partial charge in [0, 0.05) is 16.3 Å². The smallest absolute Gasteiger partial charge is 0.311 e. The van der Waals surface area contributed by atoms with Crippen molar-refractivity contribution in [3.05, 3.63) is 60.1 Å². The van der Waals surface area contributed by atoms with Crippen molar-refractivity contribution in [2.75, 3.05) is 5.32 Å². The normalized spacial score (nSPS) is 11.0. The van der Waals surface area contributed by atoms with Crippen molar-refractivity contribution in [3.63, 3.8) is 0 Å². The van der Waals surface area contributed by atoms with Gasteiger partial charge in [0.25, 0.3) is 5.91 Å². The Morgan fingerprint density at radius 1 is 1.12 bits per heavy atom. The summed E-state index contributed by atoms with van der Waals surface area (Å²) in [6.07, 6.45) is 1.64. The number of nitrogens with one attached hydrogen (secondary N) is 1. The van der Waals surface area contributed by atoms with Crippen LogP contribution in [0.5, 0.6) is 5.75 Å². The molecule has 0 atom stereocenters. The van der Waals surface area contributed by atoms with E-state index in [0.717, 1.165) is 10.9 Å². The molecule has 1 aromatic heterocycles. The first-order valence-electron chi connectivity index (χ1n) is 9.58. The van der Waals surface area contributed by atoms with Crippen molar-refractivity contribution in [2.45, 2.75) is 33.1 Å². The molecule has 1 N–H and O–H groups in total. The SMILES string of the molecule is CCCCC(=O)Oc1c(Cl)c(Cl)cc(Cl)c1NC(=O)c1c(C)c(Cl)nc2ccc(Br)cc12. The Kier molecular flexibility index (Phi) is 8.28. The number of rotatable bonds is 6. The zero-order valence-electron chi connectivity index (χ0n) is 17.0. The van der Waals surface area contributed by atoms with E-state index in [0.29, 0.717) is 28.5 Å². The van der Waals surface area contributed by atoms with E-state index in [1.165, 1.54) is 6.07 Å². The largest absolute Gasteiger partial charge is 0.423 e. The fraction of sp³-hybridized carbons (Fsp3) is 0.227. The number of anilines is 1. The zero-order valence-corrected chi connectivity index (χ0v) is 21.6. The van der Waals surface area contributed by atoms with Crippen LogP contribution >= 0.6 is 62.3 Å². The van der Waals surface area contributed by atoms with Gasteiger partial charge in [-0.1, -0.05) is 75.7 Å². The monoisotopic (exact) mass is 576 g/mol. The van der Waals surface area contributed by atoms with Crippen molar-refractivity contribution in [1.82, 2.24) is 4.98 Å². The minimum absolute atomic E-state index is 0.0337. The highest BCUT2D eigenvalue weighted by Gasteiger charge is 2.24. The summed E-state index contributed by atoms with van der Waals surface area (Å²) in [4.78, 5) is 30.0. The molecule has 1 amide bonds. The van der Waals surface area contributed by atoms with Gasteiger partial charge in [-0.15, -0.1) is 0 Å². The molecule has 0 aliphatic rings. The topological polar surface area (TPSA) is 68.3 Å². The lowest BCUT2D eigenvalue weighted by atomic mass is 10.0. The Hall–Kier alpha value is -1.57. The lowest BCUT2D eigenvalue weighted by molar-refractivity contribution is -0.134. The van der Waals surface area contributed by atoms with Crippen LogP contribution in [-0.2, 0) is 4.79 Å². The lowest BCUT2D eigenvalue weighted by Gasteiger charge is -2.17. The molecule has 3 aromatic rings. The van der Waals surface area contributed by atoms with Crippen LogP contribution in [-0.4, -0.2) is 16.9 Å². The van der Waals surface area contributed by atoms with Crippen LogP contribution in [0.1, 0.15) is 42.1 Å². The average molecular weight is 579 g/mol. The third kappa shape index (κ3) is 5.32. The number of hydrogen-bond donors (Lipinski definition) is 1. The van der Waals surface area contributed by atoms with Crippen LogP contribution in [0.25, 0.3) is 10.9 Å². The molecule has 0 radical (unpaired) electrons. The number of hydrogen-bond acceptors (Lipinski definition) is 4. The van der Waals surface area contributed by atoms with Crippen LogP contribution in [0.3, 0.4) is 0 Å². The standard InChI is InChI=1S/C22H17BrCl4N2O3/c1-3-4-5-16(30)32-20-18(26)13(24)9-14(25)19(20)29-22(31)17-10(2)21(27)28-15-7-6-11(23)8-12(15)17/h6-9H,3-5H2,1-2H3,(H,29,31). The first-order chi connectivity index (χ1) is 15.1. The van der Waals surface area contributed by atoms with Crippen molar-refractivity contribution >= 4 is 90.8 Å². The Morgan fingerprint density at radius 3 is 2.53 bits per heavy atom. The molecule has 0 saturated heterocycles. The fourth-order valence-electron chi connectivity index (χ4n) is 3.04. The van der Waals surface area contributed by atoms with E-state index in [1.54, 1.807) is 25.1 Å². The van der Waals surface area contributed by atoms with Gasteiger partial charge in [-0.25, -0.2) is 4.98 Å². The first kappa shape index (κ1) is 25.1.